The summed E-state index contributed by atoms with van der Waals surface area (Å²) in [6.45, 7) is 2.12. The second-order valence-corrected chi connectivity index (χ2v) is 4.03. The first-order chi connectivity index (χ1) is 8.19. The van der Waals surface area contributed by atoms with Gasteiger partial charge >= 0.3 is 0 Å². The van der Waals surface area contributed by atoms with Crippen molar-refractivity contribution in [3.05, 3.63) is 39.9 Å². The Kier molecular flexibility index (Phi) is 5.15. The molecule has 0 amide bonds. The summed E-state index contributed by atoms with van der Waals surface area (Å²) in [4.78, 5) is 10.1. The molecule has 90 valence electrons. The molecule has 0 aliphatic carbocycles. The van der Waals surface area contributed by atoms with Crippen molar-refractivity contribution in [2.45, 2.75) is 38.5 Å². The topological polar surface area (TPSA) is 66.9 Å². The molecule has 1 aromatic rings. The van der Waals surface area contributed by atoms with Crippen molar-refractivity contribution in [3.63, 3.8) is 0 Å². The molecule has 0 saturated carbocycles. The van der Waals surface area contributed by atoms with E-state index >= 15 is 0 Å². The highest BCUT2D eigenvalue weighted by molar-refractivity contribution is 5.36. The molecular weight excluding hydrogens is 216 g/mol. The zero-order valence-corrected chi connectivity index (χ0v) is 9.93. The highest BCUT2D eigenvalue weighted by Crippen LogP contribution is 2.23. The van der Waals surface area contributed by atoms with Crippen LogP contribution in [0.2, 0.25) is 0 Å². The van der Waals surface area contributed by atoms with Gasteiger partial charge in [0, 0.05) is 12.1 Å². The number of hydrogen-bond acceptors (Lipinski definition) is 3. The molecule has 0 saturated heterocycles. The number of hydrogen-bond donors (Lipinski definition) is 0. The van der Waals surface area contributed by atoms with E-state index in [1.165, 1.54) is 12.1 Å². The van der Waals surface area contributed by atoms with Gasteiger partial charge in [-0.15, -0.1) is 0 Å². The Morgan fingerprint density at radius 1 is 1.35 bits per heavy atom. The Bertz CT molecular complexity index is 406. The first kappa shape index (κ1) is 13.2. The van der Waals surface area contributed by atoms with E-state index in [1.807, 2.05) is 0 Å². The molecule has 0 radical (unpaired) electrons. The lowest BCUT2D eigenvalue weighted by atomic mass is 9.94. The molecule has 4 nitrogen and oxygen atoms in total. The van der Waals surface area contributed by atoms with Gasteiger partial charge in [-0.25, -0.2) is 0 Å². The zero-order valence-electron chi connectivity index (χ0n) is 9.93. The van der Waals surface area contributed by atoms with Crippen molar-refractivity contribution >= 4 is 5.69 Å². The number of nitriles is 1. The van der Waals surface area contributed by atoms with Crippen LogP contribution in [0.5, 0.6) is 0 Å². The third kappa shape index (κ3) is 3.87. The normalized spacial score (nSPS) is 11.8. The fraction of sp³-hybridized carbons (Fsp3) is 0.462. The van der Waals surface area contributed by atoms with Crippen LogP contribution in [0, 0.1) is 21.4 Å². The van der Waals surface area contributed by atoms with E-state index in [4.69, 9.17) is 5.26 Å². The third-order valence-electron chi connectivity index (χ3n) is 2.76. The van der Waals surface area contributed by atoms with Gasteiger partial charge in [-0.2, -0.15) is 5.26 Å². The summed E-state index contributed by atoms with van der Waals surface area (Å²) in [5.74, 6) is -0.151. The zero-order chi connectivity index (χ0) is 12.7. The number of nitro benzene ring substituents is 1. The maximum absolute atomic E-state index is 10.5. The van der Waals surface area contributed by atoms with Gasteiger partial charge < -0.3 is 0 Å². The molecule has 4 heteroatoms. The molecule has 1 rings (SSSR count). The van der Waals surface area contributed by atoms with E-state index in [0.29, 0.717) is 0 Å². The Morgan fingerprint density at radius 3 is 2.47 bits per heavy atom. The minimum Gasteiger partial charge on any atom is -0.258 e. The lowest BCUT2D eigenvalue weighted by molar-refractivity contribution is -0.384. The minimum absolute atomic E-state index is 0.0685. The highest BCUT2D eigenvalue weighted by Gasteiger charge is 2.12. The number of rotatable bonds is 6. The average molecular weight is 232 g/mol. The first-order valence-corrected chi connectivity index (χ1v) is 5.83. The molecule has 0 aromatic heterocycles. The SMILES string of the molecule is CCCCCC(C#N)c1ccc([N+](=O)[O-])cc1. The lowest BCUT2D eigenvalue weighted by Crippen LogP contribution is -1.96. The van der Waals surface area contributed by atoms with Crippen molar-refractivity contribution in [1.29, 1.82) is 5.26 Å². The van der Waals surface area contributed by atoms with E-state index in [0.717, 1.165) is 31.2 Å². The van der Waals surface area contributed by atoms with Crippen LogP contribution in [0.4, 0.5) is 5.69 Å². The summed E-state index contributed by atoms with van der Waals surface area (Å²) >= 11 is 0. The molecule has 1 atom stereocenters. The quantitative estimate of drug-likeness (QED) is 0.426. The van der Waals surface area contributed by atoms with Crippen LogP contribution in [0.3, 0.4) is 0 Å². The van der Waals surface area contributed by atoms with Crippen LogP contribution in [0.1, 0.15) is 44.1 Å². The van der Waals surface area contributed by atoms with E-state index < -0.39 is 4.92 Å². The van der Waals surface area contributed by atoms with Gasteiger partial charge in [-0.3, -0.25) is 10.1 Å². The summed E-state index contributed by atoms with van der Waals surface area (Å²) in [5, 5.41) is 19.6. The average Bonchev–Trinajstić information content (AvgIpc) is 2.35. The van der Waals surface area contributed by atoms with Crippen LogP contribution < -0.4 is 0 Å². The third-order valence-corrected chi connectivity index (χ3v) is 2.76. The molecule has 0 spiro atoms. The molecule has 1 aromatic carbocycles. The number of unbranched alkanes of at least 4 members (excludes halogenated alkanes) is 2. The smallest absolute Gasteiger partial charge is 0.258 e. The maximum Gasteiger partial charge on any atom is 0.269 e. The molecule has 17 heavy (non-hydrogen) atoms. The largest absolute Gasteiger partial charge is 0.269 e. The minimum atomic E-state index is -0.428. The maximum atomic E-state index is 10.5. The van der Waals surface area contributed by atoms with Gasteiger partial charge in [-0.05, 0) is 12.0 Å². The van der Waals surface area contributed by atoms with E-state index in [2.05, 4.69) is 13.0 Å². The van der Waals surface area contributed by atoms with Gasteiger partial charge in [0.25, 0.3) is 5.69 Å². The van der Waals surface area contributed by atoms with Crippen molar-refractivity contribution in [2.24, 2.45) is 0 Å². The molecule has 0 aliphatic rings. The Hall–Kier alpha value is -1.89. The van der Waals surface area contributed by atoms with E-state index in [9.17, 15) is 10.1 Å². The van der Waals surface area contributed by atoms with Crippen LogP contribution in [0.15, 0.2) is 24.3 Å². The first-order valence-electron chi connectivity index (χ1n) is 5.83. The Labute approximate surface area is 101 Å². The predicted molar refractivity (Wildman–Crippen MR) is 65.6 cm³/mol. The van der Waals surface area contributed by atoms with E-state index in [-0.39, 0.29) is 11.6 Å². The number of non-ortho nitro benzene ring substituents is 1. The molecular formula is C13H16N2O2. The molecule has 0 fully saturated rings. The summed E-state index contributed by atoms with van der Waals surface area (Å²) in [6, 6.07) is 8.53. The van der Waals surface area contributed by atoms with Crippen LogP contribution in [-0.2, 0) is 0 Å². The summed E-state index contributed by atoms with van der Waals surface area (Å²) in [5.41, 5.74) is 0.938. The van der Waals surface area contributed by atoms with Gasteiger partial charge in [0.05, 0.1) is 16.9 Å². The molecule has 0 N–H and O–H groups in total. The van der Waals surface area contributed by atoms with Gasteiger partial charge in [0.15, 0.2) is 0 Å². The molecule has 0 heterocycles. The lowest BCUT2D eigenvalue weighted by Gasteiger charge is -2.08. The van der Waals surface area contributed by atoms with Gasteiger partial charge in [0.2, 0.25) is 0 Å². The van der Waals surface area contributed by atoms with E-state index in [1.54, 1.807) is 12.1 Å². The van der Waals surface area contributed by atoms with Crippen LogP contribution in [-0.4, -0.2) is 4.92 Å². The number of nitro groups is 1. The van der Waals surface area contributed by atoms with Crippen LogP contribution in [0.25, 0.3) is 0 Å². The number of nitrogens with zero attached hydrogens (tertiary/aromatic N) is 2. The molecule has 0 aliphatic heterocycles. The summed E-state index contributed by atoms with van der Waals surface area (Å²) in [6.07, 6.45) is 4.08. The van der Waals surface area contributed by atoms with Gasteiger partial charge in [0.1, 0.15) is 0 Å². The van der Waals surface area contributed by atoms with Crippen molar-refractivity contribution in [3.8, 4) is 6.07 Å². The molecule has 0 bridgehead atoms. The van der Waals surface area contributed by atoms with Crippen LogP contribution >= 0.6 is 0 Å². The Balaban J connectivity index is 2.69. The van der Waals surface area contributed by atoms with Crippen molar-refractivity contribution in [2.75, 3.05) is 0 Å². The highest BCUT2D eigenvalue weighted by atomic mass is 16.6. The Morgan fingerprint density at radius 2 is 2.00 bits per heavy atom. The predicted octanol–water partition coefficient (Wildman–Crippen LogP) is 3.78. The second-order valence-electron chi connectivity index (χ2n) is 4.03. The number of benzene rings is 1. The summed E-state index contributed by atoms with van der Waals surface area (Å²) < 4.78 is 0. The fourth-order valence-corrected chi connectivity index (χ4v) is 1.73. The summed E-state index contributed by atoms with van der Waals surface area (Å²) in [7, 11) is 0. The standard InChI is InChI=1S/C13H16N2O2/c1-2-3-4-5-12(10-14)11-6-8-13(9-7-11)15(16)17/h6-9,12H,2-5H2,1H3. The van der Waals surface area contributed by atoms with Gasteiger partial charge in [-0.1, -0.05) is 38.3 Å². The van der Waals surface area contributed by atoms with Crippen molar-refractivity contribution < 1.29 is 4.92 Å². The fourth-order valence-electron chi connectivity index (χ4n) is 1.73. The molecule has 1 unspecified atom stereocenters. The van der Waals surface area contributed by atoms with Crippen molar-refractivity contribution in [1.82, 2.24) is 0 Å². The second kappa shape index (κ2) is 6.64. The monoisotopic (exact) mass is 232 g/mol.